The molecule has 128 valence electrons. The van der Waals surface area contributed by atoms with Crippen molar-refractivity contribution in [3.05, 3.63) is 47.9 Å². The van der Waals surface area contributed by atoms with Crippen molar-refractivity contribution in [2.75, 3.05) is 16.8 Å². The number of nitrogens with two attached hydrogens (primary N) is 1. The molecule has 1 aliphatic rings. The van der Waals surface area contributed by atoms with Gasteiger partial charge in [-0.1, -0.05) is 0 Å². The molecule has 0 unspecified atom stereocenters. The van der Waals surface area contributed by atoms with Gasteiger partial charge in [0.15, 0.2) is 9.84 Å². The lowest BCUT2D eigenvalue weighted by Gasteiger charge is -2.14. The van der Waals surface area contributed by atoms with Gasteiger partial charge in [0.05, 0.1) is 57.9 Å². The molecule has 3 heterocycles. The number of hydrogen-bond donors (Lipinski definition) is 3. The van der Waals surface area contributed by atoms with Crippen LogP contribution >= 0.6 is 0 Å². The second-order valence-electron chi connectivity index (χ2n) is 5.92. The van der Waals surface area contributed by atoms with Crippen LogP contribution in [0.25, 0.3) is 10.9 Å². The first-order valence-corrected chi connectivity index (χ1v) is 9.40. The predicted octanol–water partition coefficient (Wildman–Crippen LogP) is 1.78. The molecule has 0 spiro atoms. The Balaban J connectivity index is 1.90. The van der Waals surface area contributed by atoms with E-state index in [0.717, 1.165) is 10.9 Å². The second kappa shape index (κ2) is 5.68. The molecule has 25 heavy (non-hydrogen) atoms. The zero-order chi connectivity index (χ0) is 17.6. The zero-order valence-electron chi connectivity index (χ0n) is 13.2. The van der Waals surface area contributed by atoms with E-state index in [1.165, 1.54) is 0 Å². The van der Waals surface area contributed by atoms with Crippen molar-refractivity contribution in [1.29, 1.82) is 0 Å². The van der Waals surface area contributed by atoms with Crippen molar-refractivity contribution in [2.45, 2.75) is 17.9 Å². The van der Waals surface area contributed by atoms with Crippen LogP contribution < -0.4 is 11.1 Å². The number of aromatic nitrogens is 2. The van der Waals surface area contributed by atoms with Gasteiger partial charge in [0, 0.05) is 5.39 Å². The first kappa shape index (κ1) is 15.8. The highest BCUT2D eigenvalue weighted by molar-refractivity contribution is 7.91. The molecular formula is C17H16N4O3S. The van der Waals surface area contributed by atoms with Gasteiger partial charge in [-0.25, -0.2) is 8.42 Å². The van der Waals surface area contributed by atoms with Crippen LogP contribution in [-0.4, -0.2) is 29.2 Å². The van der Waals surface area contributed by atoms with Crippen molar-refractivity contribution in [3.63, 3.8) is 0 Å². The molecule has 3 aromatic rings. The molecular weight excluding hydrogens is 340 g/mol. The highest BCUT2D eigenvalue weighted by Gasteiger charge is 2.29. The minimum atomic E-state index is -3.25. The highest BCUT2D eigenvalue weighted by atomic mass is 32.2. The second-order valence-corrected chi connectivity index (χ2v) is 7.99. The van der Waals surface area contributed by atoms with E-state index < -0.39 is 9.84 Å². The van der Waals surface area contributed by atoms with Crippen molar-refractivity contribution < 1.29 is 13.5 Å². The van der Waals surface area contributed by atoms with E-state index >= 15 is 0 Å². The van der Waals surface area contributed by atoms with Crippen LogP contribution in [-0.2, 0) is 22.9 Å². The molecule has 0 saturated carbocycles. The summed E-state index contributed by atoms with van der Waals surface area (Å²) in [6.45, 7) is -0.133. The fourth-order valence-corrected chi connectivity index (χ4v) is 4.66. The summed E-state index contributed by atoms with van der Waals surface area (Å²) in [5, 5.41) is 13.0. The Morgan fingerprint density at radius 2 is 2.00 bits per heavy atom. The van der Waals surface area contributed by atoms with Crippen LogP contribution in [0.3, 0.4) is 0 Å². The third kappa shape index (κ3) is 2.59. The molecule has 0 aliphatic carbocycles. The fraction of sp³-hybridized carbons (Fsp3) is 0.176. The van der Waals surface area contributed by atoms with Crippen molar-refractivity contribution in [2.24, 2.45) is 0 Å². The van der Waals surface area contributed by atoms with Crippen LogP contribution in [0.5, 0.6) is 0 Å². The highest BCUT2D eigenvalue weighted by Crippen LogP contribution is 2.39. The summed E-state index contributed by atoms with van der Waals surface area (Å²) in [6, 6.07) is 6.81. The summed E-state index contributed by atoms with van der Waals surface area (Å²) in [5.74, 6) is 0.0996. The quantitative estimate of drug-likeness (QED) is 0.654. The van der Waals surface area contributed by atoms with Gasteiger partial charge in [-0.2, -0.15) is 0 Å². The lowest BCUT2D eigenvalue weighted by Crippen LogP contribution is -2.02. The van der Waals surface area contributed by atoms with Gasteiger partial charge >= 0.3 is 0 Å². The largest absolute Gasteiger partial charge is 0.396 e. The van der Waals surface area contributed by atoms with E-state index in [9.17, 15) is 8.42 Å². The maximum absolute atomic E-state index is 12.2. The molecule has 4 rings (SSSR count). The third-order valence-electron chi connectivity index (χ3n) is 4.34. The maximum atomic E-state index is 12.2. The normalized spacial score (nSPS) is 15.2. The zero-order valence-corrected chi connectivity index (χ0v) is 14.0. The minimum absolute atomic E-state index is 0.0996. The Morgan fingerprint density at radius 1 is 1.16 bits per heavy atom. The van der Waals surface area contributed by atoms with Crippen LogP contribution in [0, 0.1) is 0 Å². The lowest BCUT2D eigenvalue weighted by atomic mass is 10.0. The van der Waals surface area contributed by atoms with Crippen LogP contribution in [0.15, 0.2) is 41.6 Å². The number of anilines is 3. The van der Waals surface area contributed by atoms with Crippen LogP contribution in [0.4, 0.5) is 17.1 Å². The molecule has 1 aliphatic heterocycles. The average Bonchev–Trinajstić information content (AvgIpc) is 2.93. The van der Waals surface area contributed by atoms with Crippen molar-refractivity contribution in [1.82, 2.24) is 9.97 Å². The Labute approximate surface area is 144 Å². The number of aryl methyl sites for hydroxylation is 1. The van der Waals surface area contributed by atoms with Crippen LogP contribution in [0.1, 0.15) is 11.3 Å². The summed E-state index contributed by atoms with van der Waals surface area (Å²) in [4.78, 5) is 8.81. The van der Waals surface area contributed by atoms with E-state index in [1.54, 1.807) is 36.7 Å². The number of aliphatic hydroxyl groups is 1. The smallest absolute Gasteiger partial charge is 0.179 e. The van der Waals surface area contributed by atoms with Gasteiger partial charge in [0.25, 0.3) is 0 Å². The Kier molecular flexibility index (Phi) is 3.59. The summed E-state index contributed by atoms with van der Waals surface area (Å²) in [6.07, 6.45) is 3.59. The van der Waals surface area contributed by atoms with Gasteiger partial charge < -0.3 is 16.2 Å². The number of nitrogens with zero attached hydrogens (tertiary/aromatic N) is 2. The van der Waals surface area contributed by atoms with Crippen molar-refractivity contribution >= 4 is 37.8 Å². The Hall–Kier alpha value is -2.71. The van der Waals surface area contributed by atoms with Crippen LogP contribution in [0.2, 0.25) is 0 Å². The topological polar surface area (TPSA) is 118 Å². The summed E-state index contributed by atoms with van der Waals surface area (Å²) >= 11 is 0. The molecule has 4 N–H and O–H groups in total. The predicted molar refractivity (Wildman–Crippen MR) is 95.4 cm³/mol. The fourth-order valence-electron chi connectivity index (χ4n) is 3.11. The van der Waals surface area contributed by atoms with Gasteiger partial charge in [-0.3, -0.25) is 9.97 Å². The van der Waals surface area contributed by atoms with Gasteiger partial charge in [-0.05, 0) is 36.2 Å². The van der Waals surface area contributed by atoms with Gasteiger partial charge in [0.1, 0.15) is 0 Å². The van der Waals surface area contributed by atoms with E-state index in [-0.39, 0.29) is 12.4 Å². The van der Waals surface area contributed by atoms with E-state index in [1.807, 2.05) is 0 Å². The number of hydrogen-bond acceptors (Lipinski definition) is 7. The monoisotopic (exact) mass is 356 g/mol. The number of pyridine rings is 2. The summed E-state index contributed by atoms with van der Waals surface area (Å²) < 4.78 is 24.4. The molecule has 0 bridgehead atoms. The van der Waals surface area contributed by atoms with E-state index in [2.05, 4.69) is 15.3 Å². The Bertz CT molecular complexity index is 1080. The summed E-state index contributed by atoms with van der Waals surface area (Å²) in [7, 11) is -3.25. The molecule has 0 amide bonds. The number of nitrogens with one attached hydrogen (secondary N) is 1. The summed E-state index contributed by atoms with van der Waals surface area (Å²) in [5.41, 5.74) is 9.85. The number of rotatable bonds is 3. The standard InChI is InChI=1S/C17H16N4O3S/c18-13-8-20-14-3-4-15-12(5-6-25(15,23)24)16(14)17(13)21-10-1-2-11(9-22)19-7-10/h1-4,7-8,22H,5-6,9,18H2,(H,20,21). The molecule has 1 aromatic carbocycles. The van der Waals surface area contributed by atoms with Gasteiger partial charge in [0.2, 0.25) is 0 Å². The van der Waals surface area contributed by atoms with Crippen molar-refractivity contribution in [3.8, 4) is 0 Å². The molecule has 0 atom stereocenters. The number of benzene rings is 1. The molecule has 7 nitrogen and oxygen atoms in total. The SMILES string of the molecule is Nc1cnc2ccc3c(c2c1Nc1ccc(CO)nc1)CCS3(=O)=O. The first-order valence-electron chi connectivity index (χ1n) is 7.75. The van der Waals surface area contributed by atoms with E-state index in [4.69, 9.17) is 10.8 Å². The number of nitrogen functional groups attached to an aromatic ring is 1. The minimum Gasteiger partial charge on any atom is -0.396 e. The maximum Gasteiger partial charge on any atom is 0.179 e. The average molecular weight is 356 g/mol. The van der Waals surface area contributed by atoms with E-state index in [0.29, 0.717) is 39.6 Å². The van der Waals surface area contributed by atoms with Gasteiger partial charge in [-0.15, -0.1) is 0 Å². The number of aliphatic hydroxyl groups excluding tert-OH is 1. The number of fused-ring (bicyclic) bond motifs is 3. The first-order chi connectivity index (χ1) is 12.0. The lowest BCUT2D eigenvalue weighted by molar-refractivity contribution is 0.277. The molecule has 2 aromatic heterocycles. The molecule has 8 heteroatoms. The Morgan fingerprint density at radius 3 is 2.72 bits per heavy atom. The molecule has 0 saturated heterocycles. The number of sulfone groups is 1. The molecule has 0 fully saturated rings. The third-order valence-corrected chi connectivity index (χ3v) is 6.14. The molecule has 0 radical (unpaired) electrons.